The number of hydrogen-bond acceptors (Lipinski definition) is 5. The molecular formula is C24H19BrFN5OS. The van der Waals surface area contributed by atoms with Gasteiger partial charge in [0.1, 0.15) is 5.82 Å². The normalized spacial score (nSPS) is 11.4. The van der Waals surface area contributed by atoms with E-state index in [0.717, 1.165) is 21.3 Å². The molecule has 6 nitrogen and oxygen atoms in total. The summed E-state index contributed by atoms with van der Waals surface area (Å²) in [4.78, 5) is 12.4. The first kappa shape index (κ1) is 22.9. The van der Waals surface area contributed by atoms with Crippen molar-refractivity contribution in [1.82, 2.24) is 20.2 Å². The van der Waals surface area contributed by atoms with Crippen molar-refractivity contribution in [3.05, 3.63) is 94.7 Å². The third kappa shape index (κ3) is 5.74. The molecule has 33 heavy (non-hydrogen) atoms. The van der Waals surface area contributed by atoms with E-state index in [2.05, 4.69) is 36.7 Å². The lowest BCUT2D eigenvalue weighted by Gasteiger charge is -2.10. The number of halogens is 2. The topological polar surface area (TPSA) is 72.2 Å². The molecule has 3 aromatic carbocycles. The number of carbonyl (C=O) groups excluding carboxylic acids is 1. The Labute approximate surface area is 203 Å². The van der Waals surface area contributed by atoms with Crippen molar-refractivity contribution in [3.8, 4) is 17.1 Å². The van der Waals surface area contributed by atoms with Crippen molar-refractivity contribution >= 4 is 39.3 Å². The SMILES string of the molecule is C/C(=N\NC(=O)CSc1nnc(-c2ccccc2)n1-c1ccc(Br)cc1)c1ccc(F)cc1. The van der Waals surface area contributed by atoms with Crippen LogP contribution in [0.1, 0.15) is 12.5 Å². The summed E-state index contributed by atoms with van der Waals surface area (Å²) in [5.74, 6) is 0.180. The van der Waals surface area contributed by atoms with E-state index in [0.29, 0.717) is 16.7 Å². The lowest BCUT2D eigenvalue weighted by Crippen LogP contribution is -2.21. The predicted octanol–water partition coefficient (Wildman–Crippen LogP) is 5.47. The first-order chi connectivity index (χ1) is 16.0. The van der Waals surface area contributed by atoms with E-state index >= 15 is 0 Å². The van der Waals surface area contributed by atoms with Crippen LogP contribution in [0.15, 0.2) is 93.6 Å². The van der Waals surface area contributed by atoms with Crippen LogP contribution in [0.5, 0.6) is 0 Å². The maximum absolute atomic E-state index is 13.1. The van der Waals surface area contributed by atoms with Crippen LogP contribution < -0.4 is 5.43 Å². The summed E-state index contributed by atoms with van der Waals surface area (Å²) in [5, 5.41) is 13.4. The highest BCUT2D eigenvalue weighted by atomic mass is 79.9. The Morgan fingerprint density at radius 3 is 2.42 bits per heavy atom. The third-order valence-corrected chi connectivity index (χ3v) is 6.15. The number of hydrogen-bond donors (Lipinski definition) is 1. The fraction of sp³-hybridized carbons (Fsp3) is 0.0833. The van der Waals surface area contributed by atoms with Gasteiger partial charge in [-0.25, -0.2) is 9.82 Å². The summed E-state index contributed by atoms with van der Waals surface area (Å²) < 4.78 is 16.0. The average Bonchev–Trinajstić information content (AvgIpc) is 3.26. The quantitative estimate of drug-likeness (QED) is 0.198. The number of rotatable bonds is 7. The molecule has 0 saturated carbocycles. The van der Waals surface area contributed by atoms with Crippen LogP contribution in [-0.4, -0.2) is 32.1 Å². The second-order valence-electron chi connectivity index (χ2n) is 7.01. The Bertz CT molecular complexity index is 1270. The lowest BCUT2D eigenvalue weighted by molar-refractivity contribution is -0.118. The molecule has 0 aliphatic rings. The zero-order valence-electron chi connectivity index (χ0n) is 17.6. The number of nitrogens with zero attached hydrogens (tertiary/aromatic N) is 4. The molecule has 166 valence electrons. The largest absolute Gasteiger partial charge is 0.272 e. The van der Waals surface area contributed by atoms with Crippen LogP contribution in [0.25, 0.3) is 17.1 Å². The third-order valence-electron chi connectivity index (χ3n) is 4.69. The number of aromatic nitrogens is 3. The molecule has 0 bridgehead atoms. The predicted molar refractivity (Wildman–Crippen MR) is 132 cm³/mol. The van der Waals surface area contributed by atoms with Crippen LogP contribution >= 0.6 is 27.7 Å². The van der Waals surface area contributed by atoms with Crippen molar-refractivity contribution < 1.29 is 9.18 Å². The number of nitrogens with one attached hydrogen (secondary N) is 1. The molecular weight excluding hydrogens is 505 g/mol. The zero-order valence-corrected chi connectivity index (χ0v) is 20.0. The van der Waals surface area contributed by atoms with Crippen LogP contribution in [0.2, 0.25) is 0 Å². The summed E-state index contributed by atoms with van der Waals surface area (Å²) in [5.41, 5.74) is 5.66. The van der Waals surface area contributed by atoms with Gasteiger partial charge in [-0.05, 0) is 48.9 Å². The molecule has 0 aliphatic heterocycles. The van der Waals surface area contributed by atoms with Crippen LogP contribution in [-0.2, 0) is 4.79 Å². The highest BCUT2D eigenvalue weighted by molar-refractivity contribution is 9.10. The molecule has 1 amide bonds. The molecule has 0 fully saturated rings. The summed E-state index contributed by atoms with van der Waals surface area (Å²) in [6, 6.07) is 23.5. The molecule has 4 aromatic rings. The van der Waals surface area contributed by atoms with E-state index in [9.17, 15) is 9.18 Å². The Morgan fingerprint density at radius 2 is 1.73 bits per heavy atom. The van der Waals surface area contributed by atoms with Gasteiger partial charge in [-0.1, -0.05) is 70.2 Å². The summed E-state index contributed by atoms with van der Waals surface area (Å²) in [7, 11) is 0. The zero-order chi connectivity index (χ0) is 23.2. The monoisotopic (exact) mass is 523 g/mol. The fourth-order valence-electron chi connectivity index (χ4n) is 3.02. The molecule has 0 spiro atoms. The van der Waals surface area contributed by atoms with Crippen molar-refractivity contribution in [2.75, 3.05) is 5.75 Å². The second kappa shape index (κ2) is 10.5. The second-order valence-corrected chi connectivity index (χ2v) is 8.87. The molecule has 0 radical (unpaired) electrons. The molecule has 9 heteroatoms. The molecule has 0 unspecified atom stereocenters. The lowest BCUT2D eigenvalue weighted by atomic mass is 10.1. The summed E-state index contributed by atoms with van der Waals surface area (Å²) in [6.45, 7) is 1.75. The smallest absolute Gasteiger partial charge is 0.250 e. The number of carbonyl (C=O) groups is 1. The van der Waals surface area contributed by atoms with Crippen molar-refractivity contribution in [2.45, 2.75) is 12.1 Å². The number of hydrazone groups is 1. The van der Waals surface area contributed by atoms with Gasteiger partial charge in [0, 0.05) is 15.7 Å². The Morgan fingerprint density at radius 1 is 1.03 bits per heavy atom. The van der Waals surface area contributed by atoms with Gasteiger partial charge in [-0.2, -0.15) is 5.10 Å². The molecule has 1 heterocycles. The standard InChI is InChI=1S/C24H19BrFN5OS/c1-16(17-7-11-20(26)12-8-17)27-28-22(32)15-33-24-30-29-23(18-5-3-2-4-6-18)31(24)21-13-9-19(25)10-14-21/h2-14H,15H2,1H3,(H,28,32)/b27-16+. The van der Waals surface area contributed by atoms with Crippen molar-refractivity contribution in [2.24, 2.45) is 5.10 Å². The van der Waals surface area contributed by atoms with Gasteiger partial charge in [-0.15, -0.1) is 10.2 Å². The van der Waals surface area contributed by atoms with Crippen LogP contribution in [0, 0.1) is 5.82 Å². The number of thioether (sulfide) groups is 1. The van der Waals surface area contributed by atoms with Crippen LogP contribution in [0.3, 0.4) is 0 Å². The minimum absolute atomic E-state index is 0.101. The Kier molecular flexibility index (Phi) is 7.31. The van der Waals surface area contributed by atoms with E-state index in [1.165, 1.54) is 23.9 Å². The molecule has 4 rings (SSSR count). The highest BCUT2D eigenvalue weighted by Gasteiger charge is 2.17. The molecule has 0 saturated heterocycles. The molecule has 0 aliphatic carbocycles. The molecule has 1 N–H and O–H groups in total. The van der Waals surface area contributed by atoms with Crippen molar-refractivity contribution in [3.63, 3.8) is 0 Å². The average molecular weight is 524 g/mol. The summed E-state index contributed by atoms with van der Waals surface area (Å²) in [6.07, 6.45) is 0. The minimum atomic E-state index is -0.322. The van der Waals surface area contributed by atoms with Gasteiger partial charge in [0.2, 0.25) is 0 Å². The minimum Gasteiger partial charge on any atom is -0.272 e. The van der Waals surface area contributed by atoms with Gasteiger partial charge in [0.25, 0.3) is 5.91 Å². The van der Waals surface area contributed by atoms with Gasteiger partial charge in [0.15, 0.2) is 11.0 Å². The number of amides is 1. The van der Waals surface area contributed by atoms with Crippen LogP contribution in [0.4, 0.5) is 4.39 Å². The van der Waals surface area contributed by atoms with Gasteiger partial charge >= 0.3 is 0 Å². The molecule has 1 aromatic heterocycles. The van der Waals surface area contributed by atoms with E-state index in [1.807, 2.05) is 59.2 Å². The van der Waals surface area contributed by atoms with E-state index < -0.39 is 0 Å². The maximum Gasteiger partial charge on any atom is 0.250 e. The Balaban J connectivity index is 1.51. The van der Waals surface area contributed by atoms with E-state index in [4.69, 9.17) is 0 Å². The summed E-state index contributed by atoms with van der Waals surface area (Å²) >= 11 is 4.73. The highest BCUT2D eigenvalue weighted by Crippen LogP contribution is 2.28. The van der Waals surface area contributed by atoms with Crippen molar-refractivity contribution in [1.29, 1.82) is 0 Å². The Hall–Kier alpha value is -3.30. The van der Waals surface area contributed by atoms with Gasteiger partial charge in [-0.3, -0.25) is 9.36 Å². The first-order valence-corrected chi connectivity index (χ1v) is 11.8. The van der Waals surface area contributed by atoms with Gasteiger partial charge < -0.3 is 0 Å². The van der Waals surface area contributed by atoms with E-state index in [-0.39, 0.29) is 17.5 Å². The molecule has 0 atom stereocenters. The number of benzene rings is 3. The first-order valence-electron chi connectivity index (χ1n) is 10.00. The maximum atomic E-state index is 13.1. The van der Waals surface area contributed by atoms with E-state index in [1.54, 1.807) is 19.1 Å². The fourth-order valence-corrected chi connectivity index (χ4v) is 4.03. The van der Waals surface area contributed by atoms with Gasteiger partial charge in [0.05, 0.1) is 11.5 Å².